The fourth-order valence-corrected chi connectivity index (χ4v) is 2.67. The Morgan fingerprint density at radius 1 is 1.42 bits per heavy atom. The van der Waals surface area contributed by atoms with E-state index in [-0.39, 0.29) is 5.91 Å². The number of hydrogen-bond donors (Lipinski definition) is 0. The highest BCUT2D eigenvalue weighted by Crippen LogP contribution is 2.47. The van der Waals surface area contributed by atoms with Crippen LogP contribution in [0, 0.1) is 5.41 Å². The molecule has 0 aromatic heterocycles. The predicted molar refractivity (Wildman–Crippen MR) is 51.3 cm³/mol. The van der Waals surface area contributed by atoms with Gasteiger partial charge >= 0.3 is 0 Å². The largest absolute Gasteiger partial charge is 0.341 e. The summed E-state index contributed by atoms with van der Waals surface area (Å²) in [5.41, 5.74) is 0.553. The van der Waals surface area contributed by atoms with Gasteiger partial charge in [-0.1, -0.05) is 22.4 Å². The summed E-state index contributed by atoms with van der Waals surface area (Å²) >= 11 is 3.21. The molecule has 2 fully saturated rings. The second kappa shape index (κ2) is 3.02. The molecule has 1 aliphatic carbocycles. The molecule has 0 unspecified atom stereocenters. The first-order chi connectivity index (χ1) is 5.76. The standard InChI is InChI=1S/C9H14BrNO/c10-6-8(12)11-5-4-9(7-11)2-1-3-9/h1-7H2. The lowest BCUT2D eigenvalue weighted by Crippen LogP contribution is -2.36. The van der Waals surface area contributed by atoms with Crippen LogP contribution in [0.3, 0.4) is 0 Å². The van der Waals surface area contributed by atoms with Crippen molar-refractivity contribution in [1.82, 2.24) is 4.90 Å². The van der Waals surface area contributed by atoms with Crippen LogP contribution >= 0.6 is 15.9 Å². The van der Waals surface area contributed by atoms with Gasteiger partial charge in [-0.3, -0.25) is 4.79 Å². The molecule has 2 aliphatic rings. The molecule has 68 valence electrons. The zero-order valence-corrected chi connectivity index (χ0v) is 8.77. The molecule has 0 N–H and O–H groups in total. The Bertz CT molecular complexity index is 201. The molecule has 1 saturated carbocycles. The summed E-state index contributed by atoms with van der Waals surface area (Å²) in [5, 5.41) is 0.489. The van der Waals surface area contributed by atoms with Gasteiger partial charge in [-0.25, -0.2) is 0 Å². The molecular formula is C9H14BrNO. The van der Waals surface area contributed by atoms with E-state index in [0.717, 1.165) is 13.1 Å². The average Bonchev–Trinajstić information content (AvgIpc) is 2.46. The summed E-state index contributed by atoms with van der Waals surface area (Å²) in [6.07, 6.45) is 5.31. The van der Waals surface area contributed by atoms with Crippen molar-refractivity contribution in [3.8, 4) is 0 Å². The Kier molecular flexibility index (Phi) is 2.15. The van der Waals surface area contributed by atoms with Gasteiger partial charge in [-0.2, -0.15) is 0 Å². The Hall–Kier alpha value is -0.0500. The first kappa shape index (κ1) is 8.54. The maximum absolute atomic E-state index is 11.3. The molecule has 12 heavy (non-hydrogen) atoms. The van der Waals surface area contributed by atoms with E-state index < -0.39 is 0 Å². The summed E-state index contributed by atoms with van der Waals surface area (Å²) in [4.78, 5) is 13.3. The topological polar surface area (TPSA) is 20.3 Å². The molecule has 0 radical (unpaired) electrons. The molecule has 1 saturated heterocycles. The van der Waals surface area contributed by atoms with Crippen molar-refractivity contribution in [2.24, 2.45) is 5.41 Å². The van der Waals surface area contributed by atoms with Gasteiger partial charge in [-0.05, 0) is 24.7 Å². The van der Waals surface area contributed by atoms with Crippen LogP contribution < -0.4 is 0 Å². The lowest BCUT2D eigenvalue weighted by molar-refractivity contribution is -0.127. The zero-order chi connectivity index (χ0) is 8.60. The van der Waals surface area contributed by atoms with Crippen LogP contribution in [0.25, 0.3) is 0 Å². The van der Waals surface area contributed by atoms with Gasteiger partial charge in [0.1, 0.15) is 0 Å². The van der Waals surface area contributed by atoms with Gasteiger partial charge in [0.2, 0.25) is 5.91 Å². The van der Waals surface area contributed by atoms with Crippen molar-refractivity contribution in [2.75, 3.05) is 18.4 Å². The van der Waals surface area contributed by atoms with Crippen molar-refractivity contribution >= 4 is 21.8 Å². The van der Waals surface area contributed by atoms with Crippen molar-refractivity contribution in [3.63, 3.8) is 0 Å². The predicted octanol–water partition coefficient (Wildman–Crippen LogP) is 1.78. The lowest BCUT2D eigenvalue weighted by Gasteiger charge is -2.37. The molecule has 1 aliphatic heterocycles. The number of likely N-dealkylation sites (tertiary alicyclic amines) is 1. The van der Waals surface area contributed by atoms with E-state index in [1.165, 1.54) is 25.7 Å². The molecule has 1 spiro atoms. The van der Waals surface area contributed by atoms with Gasteiger partial charge in [0.15, 0.2) is 0 Å². The van der Waals surface area contributed by atoms with Gasteiger partial charge in [-0.15, -0.1) is 0 Å². The second-order valence-corrected chi connectivity index (χ2v) is 4.61. The van der Waals surface area contributed by atoms with Crippen molar-refractivity contribution in [1.29, 1.82) is 0 Å². The number of rotatable bonds is 1. The van der Waals surface area contributed by atoms with E-state index in [4.69, 9.17) is 0 Å². The minimum Gasteiger partial charge on any atom is -0.341 e. The minimum absolute atomic E-state index is 0.263. The summed E-state index contributed by atoms with van der Waals surface area (Å²) in [6.45, 7) is 2.02. The third-order valence-electron chi connectivity index (χ3n) is 3.32. The summed E-state index contributed by atoms with van der Waals surface area (Å²) in [7, 11) is 0. The number of carbonyl (C=O) groups is 1. The molecule has 2 rings (SSSR count). The maximum Gasteiger partial charge on any atom is 0.233 e. The van der Waals surface area contributed by atoms with E-state index in [2.05, 4.69) is 15.9 Å². The average molecular weight is 232 g/mol. The first-order valence-electron chi connectivity index (χ1n) is 4.60. The minimum atomic E-state index is 0.263. The van der Waals surface area contributed by atoms with E-state index >= 15 is 0 Å². The number of nitrogens with zero attached hydrogens (tertiary/aromatic N) is 1. The van der Waals surface area contributed by atoms with Gasteiger partial charge in [0.25, 0.3) is 0 Å². The maximum atomic E-state index is 11.3. The van der Waals surface area contributed by atoms with Gasteiger partial charge in [0.05, 0.1) is 5.33 Å². The zero-order valence-electron chi connectivity index (χ0n) is 7.18. The molecule has 2 nitrogen and oxygen atoms in total. The molecule has 0 aromatic rings. The highest BCUT2D eigenvalue weighted by atomic mass is 79.9. The van der Waals surface area contributed by atoms with E-state index in [1.807, 2.05) is 4.90 Å². The highest BCUT2D eigenvalue weighted by molar-refractivity contribution is 9.09. The first-order valence-corrected chi connectivity index (χ1v) is 5.72. The van der Waals surface area contributed by atoms with Crippen LogP contribution in [-0.2, 0) is 4.79 Å². The van der Waals surface area contributed by atoms with Crippen molar-refractivity contribution in [2.45, 2.75) is 25.7 Å². The molecule has 0 atom stereocenters. The van der Waals surface area contributed by atoms with Crippen LogP contribution in [0.15, 0.2) is 0 Å². The highest BCUT2D eigenvalue weighted by Gasteiger charge is 2.43. The van der Waals surface area contributed by atoms with Crippen LogP contribution in [0.2, 0.25) is 0 Å². The summed E-state index contributed by atoms with van der Waals surface area (Å²) in [5.74, 6) is 0.263. The molecular weight excluding hydrogens is 218 g/mol. The molecule has 1 heterocycles. The van der Waals surface area contributed by atoms with E-state index in [1.54, 1.807) is 0 Å². The third-order valence-corrected chi connectivity index (χ3v) is 3.80. The van der Waals surface area contributed by atoms with Crippen molar-refractivity contribution < 1.29 is 4.79 Å². The number of halogens is 1. The number of amides is 1. The summed E-state index contributed by atoms with van der Waals surface area (Å²) < 4.78 is 0. The molecule has 3 heteroatoms. The van der Waals surface area contributed by atoms with Gasteiger partial charge in [0, 0.05) is 13.1 Å². The van der Waals surface area contributed by atoms with Crippen LogP contribution in [0.5, 0.6) is 0 Å². The molecule has 0 aromatic carbocycles. The number of hydrogen-bond acceptors (Lipinski definition) is 1. The SMILES string of the molecule is O=C(CBr)N1CCC2(CCC2)C1. The fourth-order valence-electron chi connectivity index (χ4n) is 2.32. The van der Waals surface area contributed by atoms with Crippen LogP contribution in [-0.4, -0.2) is 29.2 Å². The lowest BCUT2D eigenvalue weighted by atomic mass is 9.68. The molecule has 0 bridgehead atoms. The number of carbonyl (C=O) groups excluding carboxylic acids is 1. The van der Waals surface area contributed by atoms with Crippen LogP contribution in [0.4, 0.5) is 0 Å². The van der Waals surface area contributed by atoms with Crippen LogP contribution in [0.1, 0.15) is 25.7 Å². The van der Waals surface area contributed by atoms with Gasteiger partial charge < -0.3 is 4.90 Å². The smallest absolute Gasteiger partial charge is 0.233 e. The fraction of sp³-hybridized carbons (Fsp3) is 0.889. The number of alkyl halides is 1. The van der Waals surface area contributed by atoms with E-state index in [9.17, 15) is 4.79 Å². The normalized spacial score (nSPS) is 25.9. The Morgan fingerprint density at radius 3 is 2.58 bits per heavy atom. The molecule has 1 amide bonds. The third kappa shape index (κ3) is 1.28. The van der Waals surface area contributed by atoms with Crippen molar-refractivity contribution in [3.05, 3.63) is 0 Å². The second-order valence-electron chi connectivity index (χ2n) is 4.05. The Morgan fingerprint density at radius 2 is 2.17 bits per heavy atom. The van der Waals surface area contributed by atoms with E-state index in [0.29, 0.717) is 10.7 Å². The Balaban J connectivity index is 1.93. The summed E-state index contributed by atoms with van der Waals surface area (Å²) in [6, 6.07) is 0. The quantitative estimate of drug-likeness (QED) is 0.631. The monoisotopic (exact) mass is 231 g/mol. The Labute approximate surface area is 81.4 Å².